The van der Waals surface area contributed by atoms with Crippen molar-refractivity contribution in [1.82, 2.24) is 0 Å². The molecule has 70 valence electrons. The first-order valence-corrected chi connectivity index (χ1v) is 6.02. The molecule has 0 bridgehead atoms. The predicted molar refractivity (Wildman–Crippen MR) is 58.7 cm³/mol. The van der Waals surface area contributed by atoms with Crippen LogP contribution >= 0.6 is 15.9 Å². The fourth-order valence-electron chi connectivity index (χ4n) is 2.17. The second-order valence-corrected chi connectivity index (χ2v) is 5.01. The lowest BCUT2D eigenvalue weighted by atomic mass is 9.73. The lowest BCUT2D eigenvalue weighted by molar-refractivity contribution is 0.241. The quantitative estimate of drug-likeness (QED) is 0.505. The lowest BCUT2D eigenvalue weighted by Crippen LogP contribution is -2.25. The van der Waals surface area contributed by atoms with E-state index in [1.54, 1.807) is 0 Å². The zero-order valence-electron chi connectivity index (χ0n) is 8.15. The number of allylic oxidation sites excluding steroid dienone is 2. The molecule has 0 aromatic rings. The Kier molecular flexibility index (Phi) is 3.82. The van der Waals surface area contributed by atoms with Gasteiger partial charge in [-0.05, 0) is 37.0 Å². The Labute approximate surface area is 84.6 Å². The molecule has 0 amide bonds. The molecule has 1 rings (SSSR count). The third kappa shape index (κ3) is 2.62. The van der Waals surface area contributed by atoms with E-state index in [1.807, 2.05) is 0 Å². The standard InChI is InChI=1S/C11H19Br/c1-10(2)8-11(9-12)6-4-3-5-7-11/h3-4,10H,5-9H2,1-2H3. The van der Waals surface area contributed by atoms with Crippen molar-refractivity contribution in [1.29, 1.82) is 0 Å². The molecule has 1 unspecified atom stereocenters. The summed E-state index contributed by atoms with van der Waals surface area (Å²) in [5.74, 6) is 0.828. The van der Waals surface area contributed by atoms with Crippen LogP contribution in [0, 0.1) is 11.3 Å². The van der Waals surface area contributed by atoms with Crippen LogP contribution in [0.3, 0.4) is 0 Å². The molecule has 1 aliphatic rings. The second-order valence-electron chi connectivity index (χ2n) is 4.45. The van der Waals surface area contributed by atoms with E-state index in [1.165, 1.54) is 31.0 Å². The molecule has 1 atom stereocenters. The van der Waals surface area contributed by atoms with E-state index in [-0.39, 0.29) is 0 Å². The predicted octanol–water partition coefficient (Wildman–Crippen LogP) is 4.15. The highest BCUT2D eigenvalue weighted by Gasteiger charge is 2.29. The van der Waals surface area contributed by atoms with Crippen molar-refractivity contribution in [3.05, 3.63) is 12.2 Å². The van der Waals surface area contributed by atoms with E-state index in [0.29, 0.717) is 5.41 Å². The Bertz CT molecular complexity index is 160. The van der Waals surface area contributed by atoms with Gasteiger partial charge in [0.2, 0.25) is 0 Å². The summed E-state index contributed by atoms with van der Waals surface area (Å²) in [6, 6.07) is 0. The first-order chi connectivity index (χ1) is 5.68. The lowest BCUT2D eigenvalue weighted by Gasteiger charge is -2.34. The Hall–Kier alpha value is 0.220. The SMILES string of the molecule is CC(C)CC1(CBr)CC=CCC1. The van der Waals surface area contributed by atoms with Crippen LogP contribution in [0.5, 0.6) is 0 Å². The third-order valence-corrected chi connectivity index (χ3v) is 3.87. The normalized spacial score (nSPS) is 29.7. The molecule has 0 spiro atoms. The molecule has 0 N–H and O–H groups in total. The van der Waals surface area contributed by atoms with E-state index in [0.717, 1.165) is 5.92 Å². The van der Waals surface area contributed by atoms with E-state index in [9.17, 15) is 0 Å². The van der Waals surface area contributed by atoms with E-state index in [4.69, 9.17) is 0 Å². The average molecular weight is 231 g/mol. The maximum atomic E-state index is 3.66. The molecule has 0 aliphatic heterocycles. The minimum atomic E-state index is 0.572. The summed E-state index contributed by atoms with van der Waals surface area (Å²) in [6.45, 7) is 4.64. The van der Waals surface area contributed by atoms with Gasteiger partial charge in [0.15, 0.2) is 0 Å². The van der Waals surface area contributed by atoms with Gasteiger partial charge in [-0.15, -0.1) is 0 Å². The summed E-state index contributed by atoms with van der Waals surface area (Å²) in [7, 11) is 0. The zero-order valence-corrected chi connectivity index (χ0v) is 9.73. The molecule has 0 radical (unpaired) electrons. The van der Waals surface area contributed by atoms with Gasteiger partial charge in [0.05, 0.1) is 0 Å². The first-order valence-electron chi connectivity index (χ1n) is 4.89. The van der Waals surface area contributed by atoms with Crippen LogP contribution in [-0.4, -0.2) is 5.33 Å². The molecule has 0 aromatic carbocycles. The molecule has 0 nitrogen and oxygen atoms in total. The van der Waals surface area contributed by atoms with Gasteiger partial charge in [-0.1, -0.05) is 41.9 Å². The summed E-state index contributed by atoms with van der Waals surface area (Å²) in [4.78, 5) is 0. The van der Waals surface area contributed by atoms with Crippen LogP contribution in [0.1, 0.15) is 39.5 Å². The average Bonchev–Trinajstić information content (AvgIpc) is 2.05. The minimum Gasteiger partial charge on any atom is -0.0922 e. The summed E-state index contributed by atoms with van der Waals surface area (Å²) in [5, 5.41) is 1.17. The van der Waals surface area contributed by atoms with E-state index < -0.39 is 0 Å². The monoisotopic (exact) mass is 230 g/mol. The van der Waals surface area contributed by atoms with Crippen molar-refractivity contribution in [2.24, 2.45) is 11.3 Å². The Morgan fingerprint density at radius 3 is 2.58 bits per heavy atom. The van der Waals surface area contributed by atoms with Crippen molar-refractivity contribution in [3.63, 3.8) is 0 Å². The van der Waals surface area contributed by atoms with Gasteiger partial charge in [-0.2, -0.15) is 0 Å². The van der Waals surface area contributed by atoms with Crippen LogP contribution in [0.2, 0.25) is 0 Å². The number of hydrogen-bond acceptors (Lipinski definition) is 0. The number of hydrogen-bond donors (Lipinski definition) is 0. The topological polar surface area (TPSA) is 0 Å². The first kappa shape index (κ1) is 10.3. The van der Waals surface area contributed by atoms with Gasteiger partial charge in [0.25, 0.3) is 0 Å². The van der Waals surface area contributed by atoms with Crippen molar-refractivity contribution in [3.8, 4) is 0 Å². The number of halogens is 1. The molecule has 0 saturated heterocycles. The Morgan fingerprint density at radius 2 is 2.17 bits per heavy atom. The maximum Gasteiger partial charge on any atom is 0.00911 e. The summed E-state index contributed by atoms with van der Waals surface area (Å²) >= 11 is 3.66. The second kappa shape index (κ2) is 4.45. The third-order valence-electron chi connectivity index (χ3n) is 2.68. The summed E-state index contributed by atoms with van der Waals surface area (Å²) in [6.07, 6.45) is 9.96. The van der Waals surface area contributed by atoms with Crippen molar-refractivity contribution in [2.45, 2.75) is 39.5 Å². The van der Waals surface area contributed by atoms with Crippen LogP contribution in [0.4, 0.5) is 0 Å². The highest BCUT2D eigenvalue weighted by molar-refractivity contribution is 9.09. The van der Waals surface area contributed by atoms with Gasteiger partial charge in [0, 0.05) is 5.33 Å². The number of rotatable bonds is 3. The summed E-state index contributed by atoms with van der Waals surface area (Å²) in [5.41, 5.74) is 0.572. The van der Waals surface area contributed by atoms with Crippen LogP contribution in [0.25, 0.3) is 0 Å². The highest BCUT2D eigenvalue weighted by Crippen LogP contribution is 2.40. The zero-order chi connectivity index (χ0) is 9.03. The van der Waals surface area contributed by atoms with Gasteiger partial charge < -0.3 is 0 Å². The van der Waals surface area contributed by atoms with Gasteiger partial charge in [-0.25, -0.2) is 0 Å². The van der Waals surface area contributed by atoms with Gasteiger partial charge in [0.1, 0.15) is 0 Å². The van der Waals surface area contributed by atoms with Crippen LogP contribution < -0.4 is 0 Å². The molecular weight excluding hydrogens is 212 g/mol. The molecule has 1 aliphatic carbocycles. The molecule has 0 fully saturated rings. The maximum absolute atomic E-state index is 3.66. The molecular formula is C11H19Br. The fraction of sp³-hybridized carbons (Fsp3) is 0.818. The van der Waals surface area contributed by atoms with Crippen LogP contribution in [0.15, 0.2) is 12.2 Å². The van der Waals surface area contributed by atoms with Crippen molar-refractivity contribution >= 4 is 15.9 Å². The van der Waals surface area contributed by atoms with Crippen molar-refractivity contribution < 1.29 is 0 Å². The largest absolute Gasteiger partial charge is 0.0922 e. The molecule has 0 heterocycles. The van der Waals surface area contributed by atoms with Crippen LogP contribution in [-0.2, 0) is 0 Å². The van der Waals surface area contributed by atoms with E-state index in [2.05, 4.69) is 41.9 Å². The molecule has 12 heavy (non-hydrogen) atoms. The smallest absolute Gasteiger partial charge is 0.00911 e. The molecule has 0 aromatic heterocycles. The summed E-state index contributed by atoms with van der Waals surface area (Å²) < 4.78 is 0. The minimum absolute atomic E-state index is 0.572. The molecule has 0 saturated carbocycles. The van der Waals surface area contributed by atoms with Gasteiger partial charge >= 0.3 is 0 Å². The molecule has 1 heteroatoms. The van der Waals surface area contributed by atoms with Crippen molar-refractivity contribution in [2.75, 3.05) is 5.33 Å². The van der Waals surface area contributed by atoms with Gasteiger partial charge in [-0.3, -0.25) is 0 Å². The Morgan fingerprint density at radius 1 is 1.42 bits per heavy atom. The van der Waals surface area contributed by atoms with E-state index >= 15 is 0 Å². The number of alkyl halides is 1. The highest BCUT2D eigenvalue weighted by atomic mass is 79.9. The Balaban J connectivity index is 2.55. The fourth-order valence-corrected chi connectivity index (χ4v) is 2.91.